The first-order valence-corrected chi connectivity index (χ1v) is 8.35. The summed E-state index contributed by atoms with van der Waals surface area (Å²) in [6.07, 6.45) is -22.5. The number of alkyl halides is 21. The smallest absolute Gasteiger partial charge is 0.460 e. The molecule has 228 valence electrons. The fraction of sp³-hybridized carbons (Fsp3) is 0.600. The average Bonchev–Trinajstić information content (AvgIpc) is 2.66. The van der Waals surface area contributed by atoms with Crippen LogP contribution in [0.2, 0.25) is 0 Å². The van der Waals surface area contributed by atoms with Gasteiger partial charge in [-0.05, 0) is 0 Å². The normalized spacial score (nSPS) is 15.6. The fourth-order valence-corrected chi connectivity index (χ4v) is 2.63. The molecular weight excluding hydrogens is 630 g/mol. The lowest BCUT2D eigenvalue weighted by Crippen LogP contribution is -2.69. The van der Waals surface area contributed by atoms with Crippen molar-refractivity contribution < 1.29 is 107 Å². The Kier molecular flexibility index (Phi) is 7.60. The summed E-state index contributed by atoms with van der Waals surface area (Å²) < 4.78 is 290. The molecule has 0 spiro atoms. The van der Waals surface area contributed by atoms with Crippen LogP contribution in [0.3, 0.4) is 0 Å². The van der Waals surface area contributed by atoms with Crippen LogP contribution in [0.25, 0.3) is 0 Å². The zero-order valence-electron chi connectivity index (χ0n) is 16.7. The van der Waals surface area contributed by atoms with Crippen LogP contribution in [0.4, 0.5) is 96.6 Å². The van der Waals surface area contributed by atoms with E-state index >= 15 is 0 Å². The van der Waals surface area contributed by atoms with Gasteiger partial charge < -0.3 is 10.2 Å². The number of halogens is 22. The highest BCUT2D eigenvalue weighted by Gasteiger charge is 2.91. The Morgan fingerprint density at radius 1 is 0.359 bits per heavy atom. The molecule has 0 radical (unpaired) electrons. The molecule has 0 atom stereocenters. The minimum absolute atomic E-state index is 4.01. The number of rotatable bonds is 6. The highest BCUT2D eigenvalue weighted by molar-refractivity contribution is 5.59. The van der Waals surface area contributed by atoms with E-state index in [1.165, 1.54) is 0 Å². The van der Waals surface area contributed by atoms with Crippen molar-refractivity contribution in [3.63, 3.8) is 0 Å². The number of benzene rings is 1. The quantitative estimate of drug-likeness (QED) is 0.246. The second-order valence-electron chi connectivity index (χ2n) is 7.08. The van der Waals surface area contributed by atoms with Gasteiger partial charge in [-0.15, -0.1) is 0 Å². The van der Waals surface area contributed by atoms with Crippen molar-refractivity contribution in [2.45, 2.75) is 54.1 Å². The van der Waals surface area contributed by atoms with E-state index in [4.69, 9.17) is 5.11 Å². The van der Waals surface area contributed by atoms with Crippen molar-refractivity contribution in [3.05, 3.63) is 22.5 Å². The van der Waals surface area contributed by atoms with E-state index in [9.17, 15) is 102 Å². The molecule has 24 heteroatoms. The lowest BCUT2D eigenvalue weighted by atomic mass is 9.86. The van der Waals surface area contributed by atoms with E-state index < -0.39 is 88.1 Å². The van der Waals surface area contributed by atoms with E-state index in [2.05, 4.69) is 0 Å². The summed E-state index contributed by atoms with van der Waals surface area (Å²) in [5.41, 5.74) is -13.4. The Bertz CT molecular complexity index is 1100. The van der Waals surface area contributed by atoms with Gasteiger partial charge in [0.15, 0.2) is 11.6 Å². The summed E-state index contributed by atoms with van der Waals surface area (Å²) >= 11 is 0. The molecule has 0 unspecified atom stereocenters. The van der Waals surface area contributed by atoms with E-state index in [1.807, 2.05) is 0 Å². The molecular formula is C15H2F22O2. The first-order valence-electron chi connectivity index (χ1n) is 8.35. The van der Waals surface area contributed by atoms with Gasteiger partial charge in [-0.2, -0.15) is 92.2 Å². The molecule has 0 amide bonds. The summed E-state index contributed by atoms with van der Waals surface area (Å²) in [6.45, 7) is 0. The third kappa shape index (κ3) is 4.49. The molecule has 0 aromatic heterocycles. The number of hydrogen-bond donors (Lipinski definition) is 2. The van der Waals surface area contributed by atoms with Crippen LogP contribution in [0.15, 0.2) is 0 Å². The molecule has 2 nitrogen and oxygen atoms in total. The molecule has 1 aromatic carbocycles. The summed E-state index contributed by atoms with van der Waals surface area (Å²) in [7, 11) is 0. The molecule has 0 aliphatic heterocycles. The second kappa shape index (κ2) is 8.64. The molecule has 0 aliphatic rings. The van der Waals surface area contributed by atoms with Gasteiger partial charge in [0, 0.05) is 0 Å². The fourth-order valence-electron chi connectivity index (χ4n) is 2.63. The maximum absolute atomic E-state index is 14.2. The van der Waals surface area contributed by atoms with Crippen LogP contribution in [-0.4, -0.2) is 46.3 Å². The van der Waals surface area contributed by atoms with Gasteiger partial charge in [0.1, 0.15) is 16.9 Å². The molecule has 1 rings (SSSR count). The van der Waals surface area contributed by atoms with Crippen LogP contribution in [0.1, 0.15) is 16.7 Å². The van der Waals surface area contributed by atoms with Crippen molar-refractivity contribution in [3.8, 4) is 11.5 Å². The van der Waals surface area contributed by atoms with Gasteiger partial charge in [-0.3, -0.25) is 0 Å². The lowest BCUT2D eigenvalue weighted by molar-refractivity contribution is -0.441. The predicted octanol–water partition coefficient (Wildman–Crippen LogP) is 8.11. The van der Waals surface area contributed by atoms with Gasteiger partial charge in [0.05, 0.1) is 5.56 Å². The molecule has 0 bridgehead atoms. The Morgan fingerprint density at radius 2 is 0.718 bits per heavy atom. The van der Waals surface area contributed by atoms with Crippen LogP contribution in [-0.2, 0) is 18.0 Å². The van der Waals surface area contributed by atoms with Crippen molar-refractivity contribution >= 4 is 0 Å². The minimum Gasteiger partial charge on any atom is -0.507 e. The number of hydrogen-bond acceptors (Lipinski definition) is 2. The third-order valence-electron chi connectivity index (χ3n) is 4.59. The van der Waals surface area contributed by atoms with E-state index in [0.717, 1.165) is 0 Å². The first kappa shape index (κ1) is 34.3. The van der Waals surface area contributed by atoms with Crippen LogP contribution in [0, 0.1) is 5.82 Å². The molecule has 39 heavy (non-hydrogen) atoms. The predicted molar refractivity (Wildman–Crippen MR) is 74.4 cm³/mol. The molecule has 0 aliphatic carbocycles. The van der Waals surface area contributed by atoms with Crippen molar-refractivity contribution in [2.24, 2.45) is 0 Å². The van der Waals surface area contributed by atoms with Crippen molar-refractivity contribution in [1.82, 2.24) is 0 Å². The van der Waals surface area contributed by atoms with Crippen LogP contribution in [0.5, 0.6) is 11.5 Å². The minimum atomic E-state index is -8.84. The lowest BCUT2D eigenvalue weighted by Gasteiger charge is -2.40. The summed E-state index contributed by atoms with van der Waals surface area (Å²) in [5.74, 6) is -63.1. The Hall–Kier alpha value is -2.72. The van der Waals surface area contributed by atoms with Gasteiger partial charge >= 0.3 is 54.1 Å². The number of phenols is 2. The standard InChI is InChI=1S/C15H2F22O2/c16-4-3(5(38)1(8(19,20)14(32,33)34)2(6(4)39)9(21,22)23)7(17,18)10(24,25)11(26,27)12(28,29)13(30,31)15(35,36)37/h38-39H. The van der Waals surface area contributed by atoms with Crippen LogP contribution >= 0.6 is 0 Å². The first-order chi connectivity index (χ1) is 16.6. The average molecular weight is 632 g/mol. The molecule has 0 saturated heterocycles. The molecule has 2 N–H and O–H groups in total. The molecule has 0 fully saturated rings. The highest BCUT2D eigenvalue weighted by atomic mass is 19.4. The Balaban J connectivity index is 4.33. The highest BCUT2D eigenvalue weighted by Crippen LogP contribution is 2.65. The van der Waals surface area contributed by atoms with Gasteiger partial charge in [-0.25, -0.2) is 4.39 Å². The summed E-state index contributed by atoms with van der Waals surface area (Å²) in [6, 6.07) is 0. The number of phenolic OH excluding ortho intramolecular Hbond substituents is 2. The zero-order valence-corrected chi connectivity index (χ0v) is 16.7. The van der Waals surface area contributed by atoms with Crippen molar-refractivity contribution in [1.29, 1.82) is 0 Å². The Labute approximate surface area is 196 Å². The second-order valence-corrected chi connectivity index (χ2v) is 7.08. The maximum atomic E-state index is 14.2. The largest absolute Gasteiger partial charge is 0.507 e. The van der Waals surface area contributed by atoms with E-state index in [-0.39, 0.29) is 0 Å². The third-order valence-corrected chi connectivity index (χ3v) is 4.59. The zero-order chi connectivity index (χ0) is 32.0. The molecule has 0 heterocycles. The van der Waals surface area contributed by atoms with E-state index in [0.29, 0.717) is 0 Å². The van der Waals surface area contributed by atoms with Crippen LogP contribution < -0.4 is 0 Å². The summed E-state index contributed by atoms with van der Waals surface area (Å²) in [4.78, 5) is 0. The monoisotopic (exact) mass is 632 g/mol. The van der Waals surface area contributed by atoms with Gasteiger partial charge in [0.2, 0.25) is 0 Å². The van der Waals surface area contributed by atoms with Gasteiger partial charge in [-0.1, -0.05) is 0 Å². The van der Waals surface area contributed by atoms with Crippen molar-refractivity contribution in [2.75, 3.05) is 0 Å². The maximum Gasteiger partial charge on any atom is 0.460 e. The molecule has 0 saturated carbocycles. The summed E-state index contributed by atoms with van der Waals surface area (Å²) in [5, 5.41) is 18.2. The molecule has 1 aromatic rings. The topological polar surface area (TPSA) is 40.5 Å². The van der Waals surface area contributed by atoms with Gasteiger partial charge in [0.25, 0.3) is 0 Å². The SMILES string of the molecule is Oc1c(F)c(C(F)(F)C(F)(F)C(F)(F)C(F)(F)C(F)(F)C(F)(F)F)c(O)c(C(F)(F)C(F)(F)F)c1C(F)(F)F. The Morgan fingerprint density at radius 3 is 1.03 bits per heavy atom. The number of aromatic hydroxyl groups is 2. The van der Waals surface area contributed by atoms with E-state index in [1.54, 1.807) is 0 Å².